The van der Waals surface area contributed by atoms with Crippen LogP contribution in [0.5, 0.6) is 0 Å². The van der Waals surface area contributed by atoms with Crippen molar-refractivity contribution in [2.45, 2.75) is 6.04 Å². The van der Waals surface area contributed by atoms with Crippen LogP contribution in [-0.4, -0.2) is 5.37 Å². The van der Waals surface area contributed by atoms with Crippen molar-refractivity contribution in [1.29, 1.82) is 0 Å². The first-order valence-electron chi connectivity index (χ1n) is 4.00. The van der Waals surface area contributed by atoms with Gasteiger partial charge in [-0.2, -0.15) is 0 Å². The number of rotatable bonds is 2. The lowest BCUT2D eigenvalue weighted by Crippen LogP contribution is -2.07. The van der Waals surface area contributed by atoms with Crippen LogP contribution in [0.25, 0.3) is 10.1 Å². The first-order valence-corrected chi connectivity index (χ1v) is 5.29. The van der Waals surface area contributed by atoms with Gasteiger partial charge in [0.25, 0.3) is 0 Å². The summed E-state index contributed by atoms with van der Waals surface area (Å²) in [6, 6.07) is 10.2. The quantitative estimate of drug-likeness (QED) is 0.766. The molecular formula is C10H9NS2. The van der Waals surface area contributed by atoms with Gasteiger partial charge in [-0.05, 0) is 17.5 Å². The fourth-order valence-electron chi connectivity index (χ4n) is 1.23. The average Bonchev–Trinajstić information content (AvgIpc) is 2.59. The summed E-state index contributed by atoms with van der Waals surface area (Å²) in [5, 5.41) is 2.85. The van der Waals surface area contributed by atoms with E-state index in [-0.39, 0.29) is 6.04 Å². The van der Waals surface area contributed by atoms with Crippen molar-refractivity contribution in [2.24, 2.45) is 5.73 Å². The predicted octanol–water partition coefficient (Wildman–Crippen LogP) is 2.90. The van der Waals surface area contributed by atoms with Crippen molar-refractivity contribution < 1.29 is 0 Å². The van der Waals surface area contributed by atoms with E-state index >= 15 is 0 Å². The average molecular weight is 207 g/mol. The molecule has 1 aromatic heterocycles. The second-order valence-electron chi connectivity index (χ2n) is 2.85. The van der Waals surface area contributed by atoms with Gasteiger partial charge in [0.1, 0.15) is 0 Å². The largest absolute Gasteiger partial charge is 0.319 e. The van der Waals surface area contributed by atoms with Gasteiger partial charge in [-0.25, -0.2) is 0 Å². The molecule has 1 heterocycles. The minimum Gasteiger partial charge on any atom is -0.319 e. The van der Waals surface area contributed by atoms with Gasteiger partial charge in [0.05, 0.1) is 6.04 Å². The zero-order valence-electron chi connectivity index (χ0n) is 6.94. The van der Waals surface area contributed by atoms with Crippen molar-refractivity contribution in [3.05, 3.63) is 35.2 Å². The monoisotopic (exact) mass is 207 g/mol. The summed E-state index contributed by atoms with van der Waals surface area (Å²) in [7, 11) is 0. The molecule has 0 amide bonds. The first kappa shape index (κ1) is 8.81. The first-order chi connectivity index (χ1) is 6.31. The Morgan fingerprint density at radius 2 is 2.15 bits per heavy atom. The maximum absolute atomic E-state index is 5.81. The summed E-state index contributed by atoms with van der Waals surface area (Å²) in [6.07, 6.45) is 0. The van der Waals surface area contributed by atoms with Gasteiger partial charge < -0.3 is 5.73 Å². The predicted molar refractivity (Wildman–Crippen MR) is 62.4 cm³/mol. The Labute approximate surface area is 86.2 Å². The van der Waals surface area contributed by atoms with Crippen LogP contribution < -0.4 is 5.73 Å². The molecule has 3 heteroatoms. The van der Waals surface area contributed by atoms with Crippen LogP contribution in [0.3, 0.4) is 0 Å². The van der Waals surface area contributed by atoms with E-state index in [1.807, 2.05) is 12.1 Å². The molecule has 2 N–H and O–H groups in total. The third kappa shape index (κ3) is 1.63. The van der Waals surface area contributed by atoms with Gasteiger partial charge >= 0.3 is 0 Å². The molecule has 0 radical (unpaired) electrons. The van der Waals surface area contributed by atoms with E-state index in [9.17, 15) is 0 Å². The van der Waals surface area contributed by atoms with Gasteiger partial charge in [-0.1, -0.05) is 30.4 Å². The Morgan fingerprint density at radius 1 is 1.38 bits per heavy atom. The second-order valence-corrected chi connectivity index (χ2v) is 4.24. The number of thiophene rings is 1. The van der Waals surface area contributed by atoms with Crippen molar-refractivity contribution in [3.63, 3.8) is 0 Å². The fourth-order valence-corrected chi connectivity index (χ4v) is 2.50. The maximum atomic E-state index is 5.81. The zero-order valence-corrected chi connectivity index (χ0v) is 8.57. The van der Waals surface area contributed by atoms with E-state index < -0.39 is 0 Å². The Bertz CT molecular complexity index is 400. The standard InChI is InChI=1S/C10H9NS2/c11-8(6-12)10-5-7-3-1-2-4-9(7)13-10/h1-6,8H,11H2. The number of benzene rings is 1. The topological polar surface area (TPSA) is 26.0 Å². The van der Waals surface area contributed by atoms with E-state index in [0.29, 0.717) is 0 Å². The summed E-state index contributed by atoms with van der Waals surface area (Å²) in [5.41, 5.74) is 5.81. The number of thiocarbonyl (C=S) groups is 1. The van der Waals surface area contributed by atoms with E-state index in [4.69, 9.17) is 18.0 Å². The molecule has 1 atom stereocenters. The Kier molecular flexibility index (Phi) is 2.40. The summed E-state index contributed by atoms with van der Waals surface area (Å²) >= 11 is 6.53. The second kappa shape index (κ2) is 3.54. The number of hydrogen-bond acceptors (Lipinski definition) is 3. The summed E-state index contributed by atoms with van der Waals surface area (Å²) in [4.78, 5) is 1.14. The molecule has 1 nitrogen and oxygen atoms in total. The lowest BCUT2D eigenvalue weighted by Gasteiger charge is -1.97. The molecule has 0 aliphatic heterocycles. The van der Waals surface area contributed by atoms with Gasteiger partial charge in [-0.15, -0.1) is 11.3 Å². The lowest BCUT2D eigenvalue weighted by molar-refractivity contribution is 1.03. The maximum Gasteiger partial charge on any atom is 0.0679 e. The lowest BCUT2D eigenvalue weighted by atomic mass is 10.2. The highest BCUT2D eigenvalue weighted by Gasteiger charge is 2.06. The Hall–Kier alpha value is -0.770. The molecule has 1 unspecified atom stereocenters. The molecule has 66 valence electrons. The molecule has 13 heavy (non-hydrogen) atoms. The zero-order chi connectivity index (χ0) is 9.26. The Balaban J connectivity index is 2.55. The van der Waals surface area contributed by atoms with Crippen LogP contribution in [0.1, 0.15) is 10.9 Å². The van der Waals surface area contributed by atoms with Gasteiger partial charge in [-0.3, -0.25) is 0 Å². The highest BCUT2D eigenvalue weighted by atomic mass is 32.1. The highest BCUT2D eigenvalue weighted by Crippen LogP contribution is 2.28. The normalized spacial score (nSPS) is 13.0. The number of fused-ring (bicyclic) bond motifs is 1. The van der Waals surface area contributed by atoms with E-state index in [1.54, 1.807) is 16.7 Å². The third-order valence-corrected chi connectivity index (χ3v) is 3.43. The van der Waals surface area contributed by atoms with Crippen LogP contribution >= 0.6 is 23.6 Å². The molecule has 2 rings (SSSR count). The van der Waals surface area contributed by atoms with Crippen LogP contribution in [0.15, 0.2) is 30.3 Å². The van der Waals surface area contributed by atoms with Crippen LogP contribution in [-0.2, 0) is 0 Å². The van der Waals surface area contributed by atoms with Crippen molar-refractivity contribution in [2.75, 3.05) is 0 Å². The molecule has 1 aromatic carbocycles. The third-order valence-electron chi connectivity index (χ3n) is 1.92. The molecule has 0 saturated heterocycles. The molecule has 0 saturated carbocycles. The van der Waals surface area contributed by atoms with E-state index in [2.05, 4.69) is 18.2 Å². The van der Waals surface area contributed by atoms with Crippen molar-refractivity contribution >= 4 is 39.0 Å². The summed E-state index contributed by atoms with van der Waals surface area (Å²) in [5.74, 6) is 0. The minimum absolute atomic E-state index is 0.104. The molecule has 0 bridgehead atoms. The van der Waals surface area contributed by atoms with Crippen LogP contribution in [0, 0.1) is 0 Å². The van der Waals surface area contributed by atoms with Gasteiger partial charge in [0.15, 0.2) is 0 Å². The molecular weight excluding hydrogens is 198 g/mol. The SMILES string of the molecule is NC(C=S)c1cc2ccccc2s1. The van der Waals surface area contributed by atoms with Gasteiger partial charge in [0.2, 0.25) is 0 Å². The van der Waals surface area contributed by atoms with E-state index in [1.165, 1.54) is 10.1 Å². The summed E-state index contributed by atoms with van der Waals surface area (Å²) < 4.78 is 1.27. The molecule has 0 aliphatic carbocycles. The molecule has 2 aromatic rings. The fraction of sp³-hybridized carbons (Fsp3) is 0.100. The molecule has 0 fully saturated rings. The van der Waals surface area contributed by atoms with Crippen molar-refractivity contribution in [1.82, 2.24) is 0 Å². The smallest absolute Gasteiger partial charge is 0.0679 e. The van der Waals surface area contributed by atoms with Gasteiger partial charge in [0, 0.05) is 14.9 Å². The molecule has 0 spiro atoms. The van der Waals surface area contributed by atoms with E-state index in [0.717, 1.165) is 4.88 Å². The number of hydrogen-bond donors (Lipinski definition) is 1. The summed E-state index contributed by atoms with van der Waals surface area (Å²) in [6.45, 7) is 0. The highest BCUT2D eigenvalue weighted by molar-refractivity contribution is 7.79. The van der Waals surface area contributed by atoms with Crippen molar-refractivity contribution in [3.8, 4) is 0 Å². The Morgan fingerprint density at radius 3 is 2.85 bits per heavy atom. The molecule has 0 aliphatic rings. The minimum atomic E-state index is -0.104. The van der Waals surface area contributed by atoms with Crippen LogP contribution in [0.4, 0.5) is 0 Å². The van der Waals surface area contributed by atoms with Crippen LogP contribution in [0.2, 0.25) is 0 Å². The number of nitrogens with two attached hydrogens (primary N) is 1.